The Balaban J connectivity index is 1.84. The second kappa shape index (κ2) is 5.75. The number of likely N-dealkylation sites (tertiary alicyclic amines) is 1. The van der Waals surface area contributed by atoms with Gasteiger partial charge >= 0.3 is 0 Å². The fourth-order valence-electron chi connectivity index (χ4n) is 2.44. The highest BCUT2D eigenvalue weighted by Gasteiger charge is 2.23. The SMILES string of the molecule is CNCC1CCN(C(C)c2cncs2)CC1. The number of hydrogen-bond acceptors (Lipinski definition) is 4. The van der Waals surface area contributed by atoms with Crippen LogP contribution in [-0.2, 0) is 0 Å². The molecule has 1 aliphatic heterocycles. The maximum atomic E-state index is 4.16. The summed E-state index contributed by atoms with van der Waals surface area (Å²) in [6.45, 7) is 5.92. The van der Waals surface area contributed by atoms with Gasteiger partial charge in [-0.15, -0.1) is 11.3 Å². The molecule has 90 valence electrons. The van der Waals surface area contributed by atoms with Crippen molar-refractivity contribution in [1.82, 2.24) is 15.2 Å². The van der Waals surface area contributed by atoms with Crippen molar-refractivity contribution in [2.24, 2.45) is 5.92 Å². The summed E-state index contributed by atoms with van der Waals surface area (Å²) in [5.74, 6) is 0.870. The zero-order valence-electron chi connectivity index (χ0n) is 10.1. The third-order valence-electron chi connectivity index (χ3n) is 3.55. The normalized spacial score (nSPS) is 21.1. The topological polar surface area (TPSA) is 28.2 Å². The van der Waals surface area contributed by atoms with E-state index in [1.807, 2.05) is 18.8 Å². The van der Waals surface area contributed by atoms with Crippen molar-refractivity contribution < 1.29 is 0 Å². The van der Waals surface area contributed by atoms with Gasteiger partial charge in [-0.2, -0.15) is 0 Å². The minimum Gasteiger partial charge on any atom is -0.319 e. The van der Waals surface area contributed by atoms with Crippen molar-refractivity contribution in [1.29, 1.82) is 0 Å². The first-order chi connectivity index (χ1) is 7.81. The Kier molecular flexibility index (Phi) is 4.32. The minimum atomic E-state index is 0.544. The first kappa shape index (κ1) is 12.0. The van der Waals surface area contributed by atoms with Gasteiger partial charge in [-0.05, 0) is 52.4 Å². The Morgan fingerprint density at radius 2 is 2.31 bits per heavy atom. The molecule has 0 aromatic carbocycles. The molecule has 1 aliphatic rings. The molecule has 0 spiro atoms. The second-order valence-electron chi connectivity index (χ2n) is 4.62. The van der Waals surface area contributed by atoms with Crippen molar-refractivity contribution >= 4 is 11.3 Å². The number of rotatable bonds is 4. The van der Waals surface area contributed by atoms with E-state index in [2.05, 4.69) is 22.1 Å². The summed E-state index contributed by atoms with van der Waals surface area (Å²) < 4.78 is 0. The molecular weight excluding hydrogens is 218 g/mol. The molecule has 0 saturated carbocycles. The van der Waals surface area contributed by atoms with Crippen molar-refractivity contribution in [3.8, 4) is 0 Å². The second-order valence-corrected chi connectivity index (χ2v) is 5.53. The monoisotopic (exact) mass is 239 g/mol. The van der Waals surface area contributed by atoms with Gasteiger partial charge in [0.1, 0.15) is 0 Å². The molecule has 0 amide bonds. The van der Waals surface area contributed by atoms with Crippen LogP contribution in [0.3, 0.4) is 0 Å². The minimum absolute atomic E-state index is 0.544. The number of nitrogens with zero attached hydrogens (tertiary/aromatic N) is 2. The third-order valence-corrected chi connectivity index (χ3v) is 4.50. The van der Waals surface area contributed by atoms with Crippen molar-refractivity contribution in [2.75, 3.05) is 26.7 Å². The van der Waals surface area contributed by atoms with Crippen LogP contribution in [0.4, 0.5) is 0 Å². The largest absolute Gasteiger partial charge is 0.319 e. The van der Waals surface area contributed by atoms with Crippen LogP contribution in [0.15, 0.2) is 11.7 Å². The van der Waals surface area contributed by atoms with E-state index in [9.17, 15) is 0 Å². The van der Waals surface area contributed by atoms with Gasteiger partial charge in [0.15, 0.2) is 0 Å². The van der Waals surface area contributed by atoms with Gasteiger partial charge in [0, 0.05) is 17.1 Å². The standard InChI is InChI=1S/C12H21N3S/c1-10(12-8-14-9-16-12)15-5-3-11(4-6-15)7-13-2/h8-11,13H,3-7H2,1-2H3. The Morgan fingerprint density at radius 1 is 1.56 bits per heavy atom. The zero-order valence-corrected chi connectivity index (χ0v) is 11.0. The van der Waals surface area contributed by atoms with Crippen LogP contribution in [0.5, 0.6) is 0 Å². The molecule has 2 rings (SSSR count). The lowest BCUT2D eigenvalue weighted by atomic mass is 9.96. The number of hydrogen-bond donors (Lipinski definition) is 1. The van der Waals surface area contributed by atoms with Gasteiger partial charge in [-0.1, -0.05) is 0 Å². The van der Waals surface area contributed by atoms with Crippen LogP contribution in [0.2, 0.25) is 0 Å². The number of thiazole rings is 1. The predicted octanol–water partition coefficient (Wildman–Crippen LogP) is 2.14. The first-order valence-corrected chi connectivity index (χ1v) is 6.96. The Morgan fingerprint density at radius 3 is 2.88 bits per heavy atom. The van der Waals surface area contributed by atoms with E-state index in [1.165, 1.54) is 37.4 Å². The molecule has 1 saturated heterocycles. The Hall–Kier alpha value is -0.450. The highest BCUT2D eigenvalue weighted by Crippen LogP contribution is 2.27. The van der Waals surface area contributed by atoms with Crippen LogP contribution in [-0.4, -0.2) is 36.6 Å². The highest BCUT2D eigenvalue weighted by molar-refractivity contribution is 7.09. The summed E-state index contributed by atoms with van der Waals surface area (Å²) in [6, 6.07) is 0.544. The average molecular weight is 239 g/mol. The van der Waals surface area contributed by atoms with E-state index < -0.39 is 0 Å². The van der Waals surface area contributed by atoms with E-state index in [-0.39, 0.29) is 0 Å². The molecule has 3 nitrogen and oxygen atoms in total. The summed E-state index contributed by atoms with van der Waals surface area (Å²) in [4.78, 5) is 8.14. The molecule has 1 N–H and O–H groups in total. The fraction of sp³-hybridized carbons (Fsp3) is 0.750. The molecule has 2 heterocycles. The molecule has 1 aromatic heterocycles. The summed E-state index contributed by atoms with van der Waals surface area (Å²) in [6.07, 6.45) is 4.66. The first-order valence-electron chi connectivity index (χ1n) is 6.08. The van der Waals surface area contributed by atoms with E-state index in [0.717, 1.165) is 5.92 Å². The Labute approximate surface area is 102 Å². The lowest BCUT2D eigenvalue weighted by Crippen LogP contribution is -2.37. The molecule has 4 heteroatoms. The van der Waals surface area contributed by atoms with Crippen LogP contribution >= 0.6 is 11.3 Å². The van der Waals surface area contributed by atoms with Crippen molar-refractivity contribution in [3.63, 3.8) is 0 Å². The van der Waals surface area contributed by atoms with Crippen LogP contribution in [0, 0.1) is 5.92 Å². The molecule has 0 aliphatic carbocycles. The van der Waals surface area contributed by atoms with Crippen molar-refractivity contribution in [3.05, 3.63) is 16.6 Å². The number of nitrogens with one attached hydrogen (secondary N) is 1. The van der Waals surface area contributed by atoms with E-state index in [4.69, 9.17) is 0 Å². The molecule has 16 heavy (non-hydrogen) atoms. The molecule has 0 bridgehead atoms. The lowest BCUT2D eigenvalue weighted by Gasteiger charge is -2.35. The van der Waals surface area contributed by atoms with E-state index in [1.54, 1.807) is 11.3 Å². The molecule has 1 atom stereocenters. The highest BCUT2D eigenvalue weighted by atomic mass is 32.1. The van der Waals surface area contributed by atoms with Gasteiger partial charge in [-0.25, -0.2) is 0 Å². The molecule has 1 fully saturated rings. The number of piperidine rings is 1. The van der Waals surface area contributed by atoms with Crippen LogP contribution < -0.4 is 5.32 Å². The molecular formula is C12H21N3S. The maximum Gasteiger partial charge on any atom is 0.0794 e. The summed E-state index contributed by atoms with van der Waals surface area (Å²) in [7, 11) is 2.05. The van der Waals surface area contributed by atoms with Gasteiger partial charge < -0.3 is 5.32 Å². The van der Waals surface area contributed by atoms with Gasteiger partial charge in [0.2, 0.25) is 0 Å². The smallest absolute Gasteiger partial charge is 0.0794 e. The van der Waals surface area contributed by atoms with E-state index >= 15 is 0 Å². The summed E-state index contributed by atoms with van der Waals surface area (Å²) in [5.41, 5.74) is 1.93. The average Bonchev–Trinajstić information content (AvgIpc) is 2.83. The molecule has 1 aromatic rings. The van der Waals surface area contributed by atoms with Gasteiger partial charge in [-0.3, -0.25) is 9.88 Å². The lowest BCUT2D eigenvalue weighted by molar-refractivity contribution is 0.142. The van der Waals surface area contributed by atoms with E-state index in [0.29, 0.717) is 6.04 Å². The summed E-state index contributed by atoms with van der Waals surface area (Å²) in [5, 5.41) is 3.28. The fourth-order valence-corrected chi connectivity index (χ4v) is 3.16. The predicted molar refractivity (Wildman–Crippen MR) is 68.8 cm³/mol. The van der Waals surface area contributed by atoms with Gasteiger partial charge in [0.05, 0.1) is 5.51 Å². The van der Waals surface area contributed by atoms with Crippen molar-refractivity contribution in [2.45, 2.75) is 25.8 Å². The zero-order chi connectivity index (χ0) is 11.4. The molecule has 0 radical (unpaired) electrons. The van der Waals surface area contributed by atoms with Crippen LogP contribution in [0.1, 0.15) is 30.7 Å². The Bertz CT molecular complexity index is 291. The van der Waals surface area contributed by atoms with Crippen LogP contribution in [0.25, 0.3) is 0 Å². The summed E-state index contributed by atoms with van der Waals surface area (Å²) >= 11 is 1.77. The maximum absolute atomic E-state index is 4.16. The van der Waals surface area contributed by atoms with Gasteiger partial charge in [0.25, 0.3) is 0 Å². The number of aromatic nitrogens is 1. The quantitative estimate of drug-likeness (QED) is 0.872. The molecule has 1 unspecified atom stereocenters. The third kappa shape index (κ3) is 2.81.